The maximum Gasteiger partial charge on any atom is 0.259 e. The van der Waals surface area contributed by atoms with Gasteiger partial charge in [-0.15, -0.1) is 0 Å². The number of nitrogens with zero attached hydrogens (tertiary/aromatic N) is 1. The SMILES string of the molecule is O=C(Nc1ncc(F)s1)C(OC1CCOCC1)c1ccc(S(=O)(=O)C2CC2)cc1. The van der Waals surface area contributed by atoms with Gasteiger partial charge in [-0.1, -0.05) is 23.5 Å². The van der Waals surface area contributed by atoms with Crippen molar-refractivity contribution >= 4 is 32.2 Å². The first-order valence-electron chi connectivity index (χ1n) is 9.43. The zero-order valence-corrected chi connectivity index (χ0v) is 17.2. The first-order valence-corrected chi connectivity index (χ1v) is 11.8. The maximum absolute atomic E-state index is 13.2. The molecule has 1 aliphatic heterocycles. The van der Waals surface area contributed by atoms with Gasteiger partial charge in [-0.05, 0) is 43.4 Å². The van der Waals surface area contributed by atoms with Gasteiger partial charge in [0.2, 0.25) is 0 Å². The van der Waals surface area contributed by atoms with E-state index in [4.69, 9.17) is 9.47 Å². The summed E-state index contributed by atoms with van der Waals surface area (Å²) in [6.07, 6.45) is 2.59. The Hall–Kier alpha value is -1.88. The lowest BCUT2D eigenvalue weighted by molar-refractivity contribution is -0.136. The summed E-state index contributed by atoms with van der Waals surface area (Å²) in [6, 6.07) is 6.22. The number of sulfone groups is 1. The molecule has 1 aromatic heterocycles. The van der Waals surface area contributed by atoms with Crippen molar-refractivity contribution in [3.05, 3.63) is 41.2 Å². The summed E-state index contributed by atoms with van der Waals surface area (Å²) in [5.74, 6) is -0.483. The summed E-state index contributed by atoms with van der Waals surface area (Å²) in [5, 5.41) is 1.91. The molecule has 0 bridgehead atoms. The molecule has 4 rings (SSSR count). The summed E-state index contributed by atoms with van der Waals surface area (Å²) >= 11 is 0.726. The molecule has 29 heavy (non-hydrogen) atoms. The number of carbonyl (C=O) groups is 1. The van der Waals surface area contributed by atoms with Crippen molar-refractivity contribution in [3.63, 3.8) is 0 Å². The minimum atomic E-state index is -3.31. The van der Waals surface area contributed by atoms with E-state index < -0.39 is 27.0 Å². The van der Waals surface area contributed by atoms with Crippen LogP contribution in [0.25, 0.3) is 0 Å². The first-order chi connectivity index (χ1) is 13.9. The topological polar surface area (TPSA) is 94.6 Å². The Labute approximate surface area is 172 Å². The molecule has 10 heteroatoms. The number of anilines is 1. The number of rotatable bonds is 7. The van der Waals surface area contributed by atoms with Crippen molar-refractivity contribution in [2.24, 2.45) is 0 Å². The molecule has 2 fully saturated rings. The normalized spacial score (nSPS) is 19.1. The number of aromatic nitrogens is 1. The Morgan fingerprint density at radius 2 is 1.90 bits per heavy atom. The molecule has 1 N–H and O–H groups in total. The van der Waals surface area contributed by atoms with E-state index in [2.05, 4.69) is 10.3 Å². The standard InChI is InChI=1S/C19H21FN2O5S2/c20-16-11-21-19(28-16)22-18(23)17(27-13-7-9-26-10-8-13)12-1-3-14(4-2-12)29(24,25)15-5-6-15/h1-4,11,13,15,17H,5-10H2,(H,21,22,23). The minimum absolute atomic E-state index is 0.140. The van der Waals surface area contributed by atoms with Gasteiger partial charge in [-0.3, -0.25) is 10.1 Å². The van der Waals surface area contributed by atoms with Crippen LogP contribution in [0.2, 0.25) is 0 Å². The quantitative estimate of drug-likeness (QED) is 0.711. The third-order valence-corrected chi connectivity index (χ3v) is 7.90. The molecule has 1 unspecified atom stereocenters. The number of hydrogen-bond acceptors (Lipinski definition) is 7. The number of ether oxygens (including phenoxy) is 2. The molecule has 156 valence electrons. The Kier molecular flexibility index (Phi) is 5.95. The van der Waals surface area contributed by atoms with Crippen LogP contribution < -0.4 is 5.32 Å². The molecule has 1 aromatic carbocycles. The average Bonchev–Trinajstić information content (AvgIpc) is 3.51. The molecule has 2 aliphatic rings. The Morgan fingerprint density at radius 1 is 1.21 bits per heavy atom. The number of benzene rings is 1. The Balaban J connectivity index is 1.55. The molecule has 1 aliphatic carbocycles. The van der Waals surface area contributed by atoms with Crippen molar-refractivity contribution in [2.45, 2.75) is 48.0 Å². The zero-order chi connectivity index (χ0) is 20.4. The van der Waals surface area contributed by atoms with Gasteiger partial charge >= 0.3 is 0 Å². The molecule has 0 spiro atoms. The van der Waals surface area contributed by atoms with Gasteiger partial charge in [0, 0.05) is 13.2 Å². The van der Waals surface area contributed by atoms with Gasteiger partial charge in [0.05, 0.1) is 22.4 Å². The van der Waals surface area contributed by atoms with Crippen LogP contribution >= 0.6 is 11.3 Å². The summed E-state index contributed by atoms with van der Waals surface area (Å²) in [6.45, 7) is 1.10. The number of thiazole rings is 1. The number of hydrogen-bond donors (Lipinski definition) is 1. The lowest BCUT2D eigenvalue weighted by atomic mass is 10.1. The van der Waals surface area contributed by atoms with Crippen molar-refractivity contribution in [3.8, 4) is 0 Å². The molecular formula is C19H21FN2O5S2. The van der Waals surface area contributed by atoms with Gasteiger partial charge in [0.15, 0.2) is 26.2 Å². The lowest BCUT2D eigenvalue weighted by Gasteiger charge is -2.27. The molecule has 7 nitrogen and oxygen atoms in total. The fourth-order valence-electron chi connectivity index (χ4n) is 3.18. The van der Waals surface area contributed by atoms with E-state index >= 15 is 0 Å². The molecule has 0 radical (unpaired) electrons. The van der Waals surface area contributed by atoms with Crippen LogP contribution in [-0.4, -0.2) is 43.9 Å². The van der Waals surface area contributed by atoms with Crippen molar-refractivity contribution < 1.29 is 27.1 Å². The highest BCUT2D eigenvalue weighted by molar-refractivity contribution is 7.92. The second-order valence-electron chi connectivity index (χ2n) is 7.10. The largest absolute Gasteiger partial charge is 0.381 e. The second kappa shape index (κ2) is 8.47. The van der Waals surface area contributed by atoms with Crippen molar-refractivity contribution in [2.75, 3.05) is 18.5 Å². The molecular weight excluding hydrogens is 419 g/mol. The van der Waals surface area contributed by atoms with E-state index in [-0.39, 0.29) is 21.4 Å². The van der Waals surface area contributed by atoms with Crippen LogP contribution in [0.3, 0.4) is 0 Å². The van der Waals surface area contributed by atoms with Crippen molar-refractivity contribution in [1.82, 2.24) is 4.98 Å². The highest BCUT2D eigenvalue weighted by atomic mass is 32.2. The molecule has 1 amide bonds. The van der Waals surface area contributed by atoms with Crippen LogP contribution in [0.15, 0.2) is 35.4 Å². The van der Waals surface area contributed by atoms with Crippen LogP contribution in [-0.2, 0) is 24.1 Å². The number of amides is 1. The monoisotopic (exact) mass is 440 g/mol. The number of halogens is 1. The van der Waals surface area contributed by atoms with Gasteiger partial charge in [-0.25, -0.2) is 13.4 Å². The van der Waals surface area contributed by atoms with E-state index in [1.165, 1.54) is 12.1 Å². The highest BCUT2D eigenvalue weighted by Crippen LogP contribution is 2.34. The van der Waals surface area contributed by atoms with Crippen molar-refractivity contribution in [1.29, 1.82) is 0 Å². The summed E-state index contributed by atoms with van der Waals surface area (Å²) < 4.78 is 49.4. The predicted octanol–water partition coefficient (Wildman–Crippen LogP) is 3.09. The molecule has 1 saturated carbocycles. The second-order valence-corrected chi connectivity index (χ2v) is 10.3. The maximum atomic E-state index is 13.2. The fraction of sp³-hybridized carbons (Fsp3) is 0.474. The van der Waals surface area contributed by atoms with E-state index in [1.54, 1.807) is 12.1 Å². The van der Waals surface area contributed by atoms with Crippen LogP contribution in [0.5, 0.6) is 0 Å². The molecule has 2 heterocycles. The molecule has 1 atom stereocenters. The summed E-state index contributed by atoms with van der Waals surface area (Å²) in [7, 11) is -3.31. The van der Waals surface area contributed by atoms with E-state index in [0.29, 0.717) is 44.5 Å². The van der Waals surface area contributed by atoms with Gasteiger partial charge in [-0.2, -0.15) is 4.39 Å². The van der Waals surface area contributed by atoms with Crippen LogP contribution in [0.4, 0.5) is 9.52 Å². The number of nitrogens with one attached hydrogen (secondary N) is 1. The number of carbonyl (C=O) groups excluding carboxylic acids is 1. The first kappa shape index (κ1) is 20.4. The highest BCUT2D eigenvalue weighted by Gasteiger charge is 2.37. The van der Waals surface area contributed by atoms with Gasteiger partial charge < -0.3 is 9.47 Å². The lowest BCUT2D eigenvalue weighted by Crippen LogP contribution is -2.31. The third kappa shape index (κ3) is 4.82. The minimum Gasteiger partial charge on any atom is -0.381 e. The molecule has 2 aromatic rings. The Morgan fingerprint density at radius 3 is 2.48 bits per heavy atom. The fourth-order valence-corrected chi connectivity index (χ4v) is 5.39. The van der Waals surface area contributed by atoms with Gasteiger partial charge in [0.25, 0.3) is 5.91 Å². The smallest absolute Gasteiger partial charge is 0.259 e. The Bertz CT molecular complexity index is 967. The van der Waals surface area contributed by atoms with Crippen LogP contribution in [0.1, 0.15) is 37.4 Å². The third-order valence-electron chi connectivity index (χ3n) is 4.92. The zero-order valence-electron chi connectivity index (χ0n) is 15.5. The van der Waals surface area contributed by atoms with E-state index in [1.807, 2.05) is 0 Å². The van der Waals surface area contributed by atoms with Crippen LogP contribution in [0, 0.1) is 5.13 Å². The van der Waals surface area contributed by atoms with Gasteiger partial charge in [0.1, 0.15) is 0 Å². The predicted molar refractivity (Wildman–Crippen MR) is 105 cm³/mol. The average molecular weight is 441 g/mol. The van der Waals surface area contributed by atoms with E-state index in [9.17, 15) is 17.6 Å². The van der Waals surface area contributed by atoms with E-state index in [0.717, 1.165) is 17.5 Å². The summed E-state index contributed by atoms with van der Waals surface area (Å²) in [5.41, 5.74) is 0.528. The summed E-state index contributed by atoms with van der Waals surface area (Å²) in [4.78, 5) is 16.9. The molecule has 1 saturated heterocycles.